The van der Waals surface area contributed by atoms with E-state index in [0.29, 0.717) is 17.4 Å². The quantitative estimate of drug-likeness (QED) is 0.172. The number of rotatable bonds is 11. The van der Waals surface area contributed by atoms with Gasteiger partial charge in [0.15, 0.2) is 6.04 Å². The van der Waals surface area contributed by atoms with Crippen LogP contribution in [0.3, 0.4) is 0 Å². The number of ether oxygens (including phenoxy) is 2. The van der Waals surface area contributed by atoms with E-state index in [1.807, 2.05) is 12.1 Å². The van der Waals surface area contributed by atoms with Crippen molar-refractivity contribution in [1.82, 2.24) is 5.32 Å². The Labute approximate surface area is 240 Å². The van der Waals surface area contributed by atoms with Gasteiger partial charge in [-0.3, -0.25) is 9.59 Å². The molecule has 3 aromatic rings. The molecule has 1 unspecified atom stereocenters. The minimum atomic E-state index is -4.91. The lowest BCUT2D eigenvalue weighted by Gasteiger charge is -2.22. The molecule has 1 aliphatic rings. The second-order valence-corrected chi connectivity index (χ2v) is 10.00. The number of benzene rings is 3. The molecule has 0 spiro atoms. The summed E-state index contributed by atoms with van der Waals surface area (Å²) in [6, 6.07) is 17.0. The Balaban J connectivity index is 1.52. The molecule has 1 saturated carbocycles. The number of nitrogens with one attached hydrogen (secondary N) is 2. The van der Waals surface area contributed by atoms with Crippen LogP contribution < -0.4 is 20.1 Å². The molecule has 1 atom stereocenters. The van der Waals surface area contributed by atoms with Crippen LogP contribution in [-0.4, -0.2) is 35.9 Å². The SMILES string of the molecule is O=C(O)CCNC(=O)c1ccc(NC(C(=O)Oc2ccc(C3CCCCC3)cc2)c2cccc(OC(F)(F)F)c2)cc1. The van der Waals surface area contributed by atoms with Crippen molar-refractivity contribution in [3.63, 3.8) is 0 Å². The summed E-state index contributed by atoms with van der Waals surface area (Å²) in [6.07, 6.45) is 0.691. The Bertz CT molecular complexity index is 1370. The summed E-state index contributed by atoms with van der Waals surface area (Å²) in [4.78, 5) is 36.3. The summed E-state index contributed by atoms with van der Waals surface area (Å²) in [7, 11) is 0. The van der Waals surface area contributed by atoms with Gasteiger partial charge in [-0.1, -0.05) is 43.5 Å². The van der Waals surface area contributed by atoms with Crippen molar-refractivity contribution in [3.8, 4) is 11.5 Å². The first-order chi connectivity index (χ1) is 20.1. The molecule has 0 heterocycles. The fraction of sp³-hybridized carbons (Fsp3) is 0.323. The number of carbonyl (C=O) groups excluding carboxylic acids is 2. The van der Waals surface area contributed by atoms with Crippen LogP contribution in [0, 0.1) is 0 Å². The van der Waals surface area contributed by atoms with Crippen LogP contribution in [0.1, 0.15) is 72.0 Å². The van der Waals surface area contributed by atoms with Crippen molar-refractivity contribution in [3.05, 3.63) is 89.5 Å². The van der Waals surface area contributed by atoms with E-state index in [2.05, 4.69) is 15.4 Å². The highest BCUT2D eigenvalue weighted by atomic mass is 19.4. The predicted molar refractivity (Wildman–Crippen MR) is 148 cm³/mol. The van der Waals surface area contributed by atoms with Crippen LogP contribution in [0.15, 0.2) is 72.8 Å². The molecule has 0 aliphatic heterocycles. The number of esters is 1. The Morgan fingerprint density at radius 2 is 1.60 bits per heavy atom. The van der Waals surface area contributed by atoms with Gasteiger partial charge in [0.2, 0.25) is 0 Å². The smallest absolute Gasteiger partial charge is 0.481 e. The number of anilines is 1. The van der Waals surface area contributed by atoms with Crippen molar-refractivity contribution < 1.29 is 42.1 Å². The van der Waals surface area contributed by atoms with Gasteiger partial charge in [-0.25, -0.2) is 4.79 Å². The minimum Gasteiger partial charge on any atom is -0.481 e. The molecule has 1 amide bonds. The van der Waals surface area contributed by atoms with Gasteiger partial charge in [0.1, 0.15) is 11.5 Å². The number of alkyl halides is 3. The maximum atomic E-state index is 13.4. The average Bonchev–Trinajstić information content (AvgIpc) is 2.96. The van der Waals surface area contributed by atoms with E-state index in [4.69, 9.17) is 9.84 Å². The van der Waals surface area contributed by atoms with E-state index in [0.717, 1.165) is 25.0 Å². The minimum absolute atomic E-state index is 0.0416. The molecule has 11 heteroatoms. The number of hydrogen-bond donors (Lipinski definition) is 3. The molecule has 42 heavy (non-hydrogen) atoms. The van der Waals surface area contributed by atoms with E-state index < -0.39 is 36.0 Å². The predicted octanol–water partition coefficient (Wildman–Crippen LogP) is 6.60. The number of carboxylic acid groups (broad SMARTS) is 1. The molecule has 222 valence electrons. The number of halogens is 3. The summed E-state index contributed by atoms with van der Waals surface area (Å²) in [5.74, 6) is -2.02. The summed E-state index contributed by atoms with van der Waals surface area (Å²) in [5, 5.41) is 14.2. The maximum Gasteiger partial charge on any atom is 0.573 e. The lowest BCUT2D eigenvalue weighted by atomic mass is 9.84. The normalized spacial score (nSPS) is 14.5. The zero-order valence-corrected chi connectivity index (χ0v) is 22.7. The molecule has 3 aromatic carbocycles. The summed E-state index contributed by atoms with van der Waals surface area (Å²) < 4.78 is 48.3. The van der Waals surface area contributed by atoms with Crippen LogP contribution in [-0.2, 0) is 9.59 Å². The standard InChI is InChI=1S/C31H31F3N2O6/c32-31(33,34)42-26-8-4-7-23(19-26)28(36-24-13-9-22(10-14-24)29(39)35-18-17-27(37)38)30(40)41-25-15-11-21(12-16-25)20-5-2-1-3-6-20/h4,7-16,19-20,28,36H,1-3,5-6,17-18H2,(H,35,39)(H,37,38). The second-order valence-electron chi connectivity index (χ2n) is 10.00. The van der Waals surface area contributed by atoms with Crippen LogP contribution in [0.25, 0.3) is 0 Å². The number of amides is 1. The zero-order chi connectivity index (χ0) is 30.1. The van der Waals surface area contributed by atoms with Crippen LogP contribution in [0.4, 0.5) is 18.9 Å². The fourth-order valence-corrected chi connectivity index (χ4v) is 4.86. The van der Waals surface area contributed by atoms with Gasteiger partial charge >= 0.3 is 18.3 Å². The van der Waals surface area contributed by atoms with Crippen LogP contribution >= 0.6 is 0 Å². The molecule has 0 bridgehead atoms. The lowest BCUT2D eigenvalue weighted by Crippen LogP contribution is -2.27. The van der Waals surface area contributed by atoms with Crippen molar-refractivity contribution in [2.24, 2.45) is 0 Å². The first-order valence-corrected chi connectivity index (χ1v) is 13.6. The highest BCUT2D eigenvalue weighted by Crippen LogP contribution is 2.34. The first-order valence-electron chi connectivity index (χ1n) is 13.6. The highest BCUT2D eigenvalue weighted by molar-refractivity contribution is 5.94. The van der Waals surface area contributed by atoms with E-state index in [1.54, 1.807) is 12.1 Å². The summed E-state index contributed by atoms with van der Waals surface area (Å²) in [6.45, 7) is -0.0416. The average molecular weight is 585 g/mol. The van der Waals surface area contributed by atoms with E-state index in [1.165, 1.54) is 61.2 Å². The molecule has 0 aromatic heterocycles. The third kappa shape index (κ3) is 8.98. The Hall–Kier alpha value is -4.54. The first kappa shape index (κ1) is 30.4. The van der Waals surface area contributed by atoms with E-state index in [9.17, 15) is 27.6 Å². The van der Waals surface area contributed by atoms with Gasteiger partial charge in [-0.05, 0) is 78.4 Å². The third-order valence-corrected chi connectivity index (χ3v) is 6.92. The lowest BCUT2D eigenvalue weighted by molar-refractivity contribution is -0.274. The van der Waals surface area contributed by atoms with Crippen molar-refractivity contribution in [2.45, 2.75) is 56.8 Å². The molecular formula is C31H31F3N2O6. The number of hydrogen-bond acceptors (Lipinski definition) is 6. The van der Waals surface area contributed by atoms with Gasteiger partial charge in [0.25, 0.3) is 5.91 Å². The largest absolute Gasteiger partial charge is 0.573 e. The highest BCUT2D eigenvalue weighted by Gasteiger charge is 2.32. The van der Waals surface area contributed by atoms with E-state index >= 15 is 0 Å². The van der Waals surface area contributed by atoms with Gasteiger partial charge < -0.3 is 25.2 Å². The Morgan fingerprint density at radius 3 is 2.24 bits per heavy atom. The van der Waals surface area contributed by atoms with E-state index in [-0.39, 0.29) is 24.1 Å². The second kappa shape index (κ2) is 13.9. The molecule has 3 N–H and O–H groups in total. The molecular weight excluding hydrogens is 553 g/mol. The number of aliphatic carboxylic acids is 1. The molecule has 0 radical (unpaired) electrons. The zero-order valence-electron chi connectivity index (χ0n) is 22.7. The van der Waals surface area contributed by atoms with Gasteiger partial charge in [-0.2, -0.15) is 0 Å². The monoisotopic (exact) mass is 584 g/mol. The van der Waals surface area contributed by atoms with Crippen molar-refractivity contribution in [2.75, 3.05) is 11.9 Å². The Morgan fingerprint density at radius 1 is 0.905 bits per heavy atom. The number of carbonyl (C=O) groups is 3. The summed E-state index contributed by atoms with van der Waals surface area (Å²) >= 11 is 0. The van der Waals surface area contributed by atoms with Gasteiger partial charge in [-0.15, -0.1) is 13.2 Å². The summed E-state index contributed by atoms with van der Waals surface area (Å²) in [5.41, 5.74) is 1.97. The third-order valence-electron chi connectivity index (χ3n) is 6.92. The molecule has 8 nitrogen and oxygen atoms in total. The van der Waals surface area contributed by atoms with Gasteiger partial charge in [0.05, 0.1) is 6.42 Å². The van der Waals surface area contributed by atoms with Crippen LogP contribution in [0.5, 0.6) is 11.5 Å². The molecule has 0 saturated heterocycles. The Kier molecular flexibility index (Phi) is 10.1. The molecule has 4 rings (SSSR count). The fourth-order valence-electron chi connectivity index (χ4n) is 4.86. The van der Waals surface area contributed by atoms with Gasteiger partial charge in [0, 0.05) is 17.8 Å². The van der Waals surface area contributed by atoms with Crippen LogP contribution in [0.2, 0.25) is 0 Å². The molecule has 1 fully saturated rings. The maximum absolute atomic E-state index is 13.4. The number of carboxylic acids is 1. The van der Waals surface area contributed by atoms with Crippen molar-refractivity contribution in [1.29, 1.82) is 0 Å². The molecule has 1 aliphatic carbocycles. The van der Waals surface area contributed by atoms with Crippen molar-refractivity contribution >= 4 is 23.5 Å². The topological polar surface area (TPSA) is 114 Å².